The molecule has 0 aliphatic carbocycles. The first-order chi connectivity index (χ1) is 10.7. The van der Waals surface area contributed by atoms with E-state index >= 15 is 0 Å². The van der Waals surface area contributed by atoms with E-state index in [9.17, 15) is 17.6 Å². The molecule has 23 heavy (non-hydrogen) atoms. The largest absolute Gasteiger partial charge is 0.494 e. The summed E-state index contributed by atoms with van der Waals surface area (Å²) in [4.78, 5) is 11.2. The minimum Gasteiger partial charge on any atom is -0.494 e. The van der Waals surface area contributed by atoms with Crippen molar-refractivity contribution < 1.29 is 27.4 Å². The van der Waals surface area contributed by atoms with Gasteiger partial charge in [-0.1, -0.05) is 17.7 Å². The lowest BCUT2D eigenvalue weighted by Gasteiger charge is -2.12. The van der Waals surface area contributed by atoms with Gasteiger partial charge in [-0.05, 0) is 25.1 Å². The third kappa shape index (κ3) is 3.59. The number of sulfonamides is 1. The van der Waals surface area contributed by atoms with E-state index in [0.29, 0.717) is 0 Å². The highest BCUT2D eigenvalue weighted by molar-refractivity contribution is 7.92. The van der Waals surface area contributed by atoms with Crippen molar-refractivity contribution in [3.63, 3.8) is 0 Å². The van der Waals surface area contributed by atoms with E-state index in [4.69, 9.17) is 9.84 Å². The maximum Gasteiger partial charge on any atom is 0.337 e. The molecule has 0 spiro atoms. The molecule has 0 radical (unpaired) electrons. The van der Waals surface area contributed by atoms with Gasteiger partial charge in [-0.2, -0.15) is 0 Å². The minimum absolute atomic E-state index is 0.0596. The second kappa shape index (κ2) is 6.25. The van der Waals surface area contributed by atoms with E-state index in [1.807, 2.05) is 0 Å². The van der Waals surface area contributed by atoms with E-state index in [2.05, 4.69) is 4.72 Å². The molecule has 2 rings (SSSR count). The van der Waals surface area contributed by atoms with Gasteiger partial charge in [0.2, 0.25) is 0 Å². The average molecular weight is 339 g/mol. The van der Waals surface area contributed by atoms with Crippen molar-refractivity contribution in [2.24, 2.45) is 0 Å². The van der Waals surface area contributed by atoms with Crippen LogP contribution in [0.5, 0.6) is 5.75 Å². The number of methoxy groups -OCH3 is 1. The SMILES string of the molecule is COc1cc(C(=O)O)c(NS(=O)(=O)c2ccc(C)cc2)cc1F. The van der Waals surface area contributed by atoms with Crippen LogP contribution in [0.4, 0.5) is 10.1 Å². The molecule has 2 aromatic rings. The number of halogens is 1. The highest BCUT2D eigenvalue weighted by Crippen LogP contribution is 2.28. The van der Waals surface area contributed by atoms with Crippen molar-refractivity contribution in [2.45, 2.75) is 11.8 Å². The first kappa shape index (κ1) is 16.8. The van der Waals surface area contributed by atoms with Crippen LogP contribution in [-0.2, 0) is 10.0 Å². The number of aryl methyl sites for hydroxylation is 1. The number of carbonyl (C=O) groups is 1. The Morgan fingerprint density at radius 1 is 1.22 bits per heavy atom. The second-order valence-electron chi connectivity index (χ2n) is 4.76. The average Bonchev–Trinajstić information content (AvgIpc) is 2.47. The summed E-state index contributed by atoms with van der Waals surface area (Å²) in [5, 5.41) is 9.17. The number of anilines is 1. The van der Waals surface area contributed by atoms with Crippen LogP contribution in [0.15, 0.2) is 41.3 Å². The van der Waals surface area contributed by atoms with Crippen LogP contribution in [0.1, 0.15) is 15.9 Å². The molecule has 0 amide bonds. The molecule has 0 saturated carbocycles. The first-order valence-electron chi connectivity index (χ1n) is 6.45. The molecule has 122 valence electrons. The van der Waals surface area contributed by atoms with E-state index in [1.165, 1.54) is 19.2 Å². The Kier molecular flexibility index (Phi) is 4.55. The normalized spacial score (nSPS) is 11.1. The van der Waals surface area contributed by atoms with Crippen LogP contribution >= 0.6 is 0 Å². The van der Waals surface area contributed by atoms with Crippen LogP contribution < -0.4 is 9.46 Å². The summed E-state index contributed by atoms with van der Waals surface area (Å²) < 4.78 is 45.2. The summed E-state index contributed by atoms with van der Waals surface area (Å²) in [5.74, 6) is -2.58. The zero-order valence-electron chi connectivity index (χ0n) is 12.3. The molecular formula is C15H14FNO5S. The maximum absolute atomic E-state index is 13.8. The number of carboxylic acid groups (broad SMARTS) is 1. The van der Waals surface area contributed by atoms with Gasteiger partial charge < -0.3 is 9.84 Å². The number of rotatable bonds is 5. The fourth-order valence-corrected chi connectivity index (χ4v) is 2.96. The fraction of sp³-hybridized carbons (Fsp3) is 0.133. The summed E-state index contributed by atoms with van der Waals surface area (Å²) in [6.07, 6.45) is 0. The molecule has 2 aromatic carbocycles. The van der Waals surface area contributed by atoms with Crippen molar-refractivity contribution in [3.05, 3.63) is 53.3 Å². The molecule has 0 saturated heterocycles. The minimum atomic E-state index is -4.04. The molecule has 0 aliphatic heterocycles. The van der Waals surface area contributed by atoms with Crippen molar-refractivity contribution in [2.75, 3.05) is 11.8 Å². The van der Waals surface area contributed by atoms with Crippen molar-refractivity contribution in [1.82, 2.24) is 0 Å². The Hall–Kier alpha value is -2.61. The van der Waals surface area contributed by atoms with Crippen molar-refractivity contribution in [1.29, 1.82) is 0 Å². The number of hydrogen-bond donors (Lipinski definition) is 2. The lowest BCUT2D eigenvalue weighted by atomic mass is 10.1. The van der Waals surface area contributed by atoms with E-state index in [-0.39, 0.29) is 16.3 Å². The zero-order chi connectivity index (χ0) is 17.2. The number of benzene rings is 2. The lowest BCUT2D eigenvalue weighted by Crippen LogP contribution is -2.16. The van der Waals surface area contributed by atoms with Gasteiger partial charge in [0.1, 0.15) is 0 Å². The van der Waals surface area contributed by atoms with Gasteiger partial charge >= 0.3 is 5.97 Å². The molecule has 0 aromatic heterocycles. The first-order valence-corrected chi connectivity index (χ1v) is 7.93. The number of ether oxygens (including phenoxy) is 1. The summed E-state index contributed by atoms with van der Waals surface area (Å²) in [6, 6.07) is 7.64. The van der Waals surface area contributed by atoms with Crippen LogP contribution in [0.2, 0.25) is 0 Å². The van der Waals surface area contributed by atoms with Crippen LogP contribution in [0.25, 0.3) is 0 Å². The Bertz CT molecular complexity index is 847. The van der Waals surface area contributed by atoms with Gasteiger partial charge in [-0.15, -0.1) is 0 Å². The second-order valence-corrected chi connectivity index (χ2v) is 6.44. The molecule has 2 N–H and O–H groups in total. The number of aromatic carboxylic acids is 1. The monoisotopic (exact) mass is 339 g/mol. The summed E-state index contributed by atoms with van der Waals surface area (Å²) in [5.41, 5.74) is 0.0704. The molecular weight excluding hydrogens is 325 g/mol. The lowest BCUT2D eigenvalue weighted by molar-refractivity contribution is 0.0697. The van der Waals surface area contributed by atoms with Crippen molar-refractivity contribution in [3.8, 4) is 5.75 Å². The molecule has 0 fully saturated rings. The standard InChI is InChI=1S/C15H14FNO5S/c1-9-3-5-10(6-4-9)23(20,21)17-13-8-12(16)14(22-2)7-11(13)15(18)19/h3-8,17H,1-2H3,(H,18,19). The van der Waals surface area contributed by atoms with Gasteiger partial charge in [0.25, 0.3) is 10.0 Å². The van der Waals surface area contributed by atoms with Gasteiger partial charge in [-0.25, -0.2) is 17.6 Å². The Balaban J connectivity index is 2.48. The van der Waals surface area contributed by atoms with E-state index in [1.54, 1.807) is 19.1 Å². The highest BCUT2D eigenvalue weighted by Gasteiger charge is 2.21. The quantitative estimate of drug-likeness (QED) is 0.873. The summed E-state index contributed by atoms with van der Waals surface area (Å²) in [7, 11) is -2.86. The Labute approximate surface area is 132 Å². The zero-order valence-corrected chi connectivity index (χ0v) is 13.1. The topological polar surface area (TPSA) is 92.7 Å². The van der Waals surface area contributed by atoms with Crippen LogP contribution in [0.3, 0.4) is 0 Å². The fourth-order valence-electron chi connectivity index (χ4n) is 1.89. The van der Waals surface area contributed by atoms with E-state index in [0.717, 1.165) is 17.7 Å². The molecule has 0 unspecified atom stereocenters. The van der Waals surface area contributed by atoms with E-state index < -0.39 is 27.4 Å². The Morgan fingerprint density at radius 2 is 1.83 bits per heavy atom. The van der Waals surface area contributed by atoms with Gasteiger partial charge in [0, 0.05) is 6.07 Å². The maximum atomic E-state index is 13.8. The predicted octanol–water partition coefficient (Wildman–Crippen LogP) is 2.64. The van der Waals surface area contributed by atoms with Crippen molar-refractivity contribution >= 4 is 21.7 Å². The third-order valence-corrected chi connectivity index (χ3v) is 4.48. The molecule has 0 atom stereocenters. The molecule has 6 nitrogen and oxygen atoms in total. The van der Waals surface area contributed by atoms with Gasteiger partial charge in [-0.3, -0.25) is 4.72 Å². The summed E-state index contributed by atoms with van der Waals surface area (Å²) in [6.45, 7) is 1.80. The van der Waals surface area contributed by atoms with Crippen LogP contribution in [0, 0.1) is 12.7 Å². The number of carboxylic acids is 1. The number of hydrogen-bond acceptors (Lipinski definition) is 4. The molecule has 0 aliphatic rings. The smallest absolute Gasteiger partial charge is 0.337 e. The Morgan fingerprint density at radius 3 is 2.35 bits per heavy atom. The van der Waals surface area contributed by atoms with Crippen LogP contribution in [-0.4, -0.2) is 26.6 Å². The number of nitrogens with one attached hydrogen (secondary N) is 1. The molecule has 0 bridgehead atoms. The summed E-state index contributed by atoms with van der Waals surface area (Å²) >= 11 is 0. The van der Waals surface area contributed by atoms with Gasteiger partial charge in [0.15, 0.2) is 11.6 Å². The third-order valence-electron chi connectivity index (χ3n) is 3.10. The molecule has 8 heteroatoms. The van der Waals surface area contributed by atoms with Gasteiger partial charge in [0.05, 0.1) is 23.3 Å². The molecule has 0 heterocycles. The highest BCUT2D eigenvalue weighted by atomic mass is 32.2. The predicted molar refractivity (Wildman–Crippen MR) is 81.9 cm³/mol.